The maximum atomic E-state index is 12.6. The lowest BCUT2D eigenvalue weighted by Crippen LogP contribution is -2.40. The summed E-state index contributed by atoms with van der Waals surface area (Å²) in [5, 5.41) is 11.5. The van der Waals surface area contributed by atoms with Gasteiger partial charge in [-0.3, -0.25) is 19.4 Å². The molecule has 1 aliphatic rings. The van der Waals surface area contributed by atoms with Crippen LogP contribution in [0, 0.1) is 19.8 Å². The van der Waals surface area contributed by atoms with E-state index in [1.54, 1.807) is 17.9 Å². The SMILES string of the molecule is CCOC(=O)C1CCN(C(=O)c2cc(Cn3nc(C)cc3C)[nH]n2)CC1. The normalized spacial score (nSPS) is 15.3. The summed E-state index contributed by atoms with van der Waals surface area (Å²) in [6.45, 7) is 7.78. The van der Waals surface area contributed by atoms with Gasteiger partial charge in [-0.2, -0.15) is 10.2 Å². The fraction of sp³-hybridized carbons (Fsp3) is 0.556. The number of carbonyl (C=O) groups excluding carboxylic acids is 2. The number of piperidine rings is 1. The fourth-order valence-corrected chi connectivity index (χ4v) is 3.29. The van der Waals surface area contributed by atoms with Crippen LogP contribution in [0.5, 0.6) is 0 Å². The summed E-state index contributed by atoms with van der Waals surface area (Å²) in [6.07, 6.45) is 1.27. The van der Waals surface area contributed by atoms with E-state index < -0.39 is 0 Å². The Balaban J connectivity index is 1.58. The molecule has 0 spiro atoms. The quantitative estimate of drug-likeness (QED) is 0.820. The van der Waals surface area contributed by atoms with Crippen molar-refractivity contribution >= 4 is 11.9 Å². The minimum absolute atomic E-state index is 0.108. The predicted octanol–water partition coefficient (Wildman–Crippen LogP) is 1.69. The number of esters is 1. The molecule has 1 N–H and O–H groups in total. The van der Waals surface area contributed by atoms with Crippen LogP contribution in [0.2, 0.25) is 0 Å². The lowest BCUT2D eigenvalue weighted by molar-refractivity contribution is -0.149. The molecular weight excluding hydrogens is 334 g/mol. The third-order valence-electron chi connectivity index (χ3n) is 4.68. The number of nitrogens with one attached hydrogen (secondary N) is 1. The highest BCUT2D eigenvalue weighted by Gasteiger charge is 2.29. The smallest absolute Gasteiger partial charge is 0.309 e. The summed E-state index contributed by atoms with van der Waals surface area (Å²) in [5.74, 6) is -0.380. The number of ether oxygens (including phenoxy) is 1. The number of rotatable bonds is 5. The second kappa shape index (κ2) is 7.72. The van der Waals surface area contributed by atoms with Crippen molar-refractivity contribution in [1.82, 2.24) is 24.9 Å². The van der Waals surface area contributed by atoms with Crippen LogP contribution in [-0.2, 0) is 16.1 Å². The maximum Gasteiger partial charge on any atom is 0.309 e. The van der Waals surface area contributed by atoms with Crippen molar-refractivity contribution in [3.05, 3.63) is 34.9 Å². The molecule has 0 bridgehead atoms. The van der Waals surface area contributed by atoms with Crippen LogP contribution in [0.15, 0.2) is 12.1 Å². The Labute approximate surface area is 152 Å². The van der Waals surface area contributed by atoms with Crippen LogP contribution in [0.4, 0.5) is 0 Å². The van der Waals surface area contributed by atoms with E-state index in [9.17, 15) is 9.59 Å². The highest BCUT2D eigenvalue weighted by molar-refractivity contribution is 5.92. The van der Waals surface area contributed by atoms with Gasteiger partial charge in [0.15, 0.2) is 0 Å². The summed E-state index contributed by atoms with van der Waals surface area (Å²) < 4.78 is 6.94. The summed E-state index contributed by atoms with van der Waals surface area (Å²) in [4.78, 5) is 26.2. The lowest BCUT2D eigenvalue weighted by atomic mass is 9.97. The molecule has 8 heteroatoms. The molecule has 3 rings (SSSR count). The summed E-state index contributed by atoms with van der Waals surface area (Å²) in [6, 6.07) is 3.78. The number of H-pyrrole nitrogens is 1. The third kappa shape index (κ3) is 3.95. The van der Waals surface area contributed by atoms with E-state index in [1.807, 2.05) is 24.6 Å². The van der Waals surface area contributed by atoms with Crippen LogP contribution >= 0.6 is 0 Å². The first-order valence-electron chi connectivity index (χ1n) is 8.99. The minimum atomic E-state index is -0.161. The van der Waals surface area contributed by atoms with E-state index in [1.165, 1.54) is 0 Å². The average molecular weight is 359 g/mol. The number of carbonyl (C=O) groups is 2. The molecule has 0 aliphatic carbocycles. The Hall–Kier alpha value is -2.64. The zero-order chi connectivity index (χ0) is 18.7. The summed E-state index contributed by atoms with van der Waals surface area (Å²) >= 11 is 0. The zero-order valence-electron chi connectivity index (χ0n) is 15.5. The average Bonchev–Trinajstić information content (AvgIpc) is 3.21. The van der Waals surface area contributed by atoms with Crippen LogP contribution in [0.25, 0.3) is 0 Å². The number of nitrogens with zero attached hydrogens (tertiary/aromatic N) is 4. The van der Waals surface area contributed by atoms with Crippen LogP contribution in [-0.4, -0.2) is 56.5 Å². The summed E-state index contributed by atoms with van der Waals surface area (Å²) in [5.41, 5.74) is 3.26. The Morgan fingerprint density at radius 2 is 2.00 bits per heavy atom. The number of hydrogen-bond donors (Lipinski definition) is 1. The molecular formula is C18H25N5O3. The van der Waals surface area contributed by atoms with E-state index in [0.29, 0.717) is 44.8 Å². The molecule has 0 unspecified atom stereocenters. The van der Waals surface area contributed by atoms with Gasteiger partial charge in [0, 0.05) is 18.8 Å². The van der Waals surface area contributed by atoms with Gasteiger partial charge in [0.25, 0.3) is 5.91 Å². The lowest BCUT2D eigenvalue weighted by Gasteiger charge is -2.30. The monoisotopic (exact) mass is 359 g/mol. The number of aromatic nitrogens is 4. The van der Waals surface area contributed by atoms with E-state index in [0.717, 1.165) is 17.1 Å². The first-order valence-corrected chi connectivity index (χ1v) is 8.99. The molecule has 1 saturated heterocycles. The van der Waals surface area contributed by atoms with Gasteiger partial charge in [0.1, 0.15) is 5.69 Å². The first-order chi connectivity index (χ1) is 12.5. The van der Waals surface area contributed by atoms with E-state index >= 15 is 0 Å². The minimum Gasteiger partial charge on any atom is -0.466 e. The van der Waals surface area contributed by atoms with Crippen molar-refractivity contribution in [1.29, 1.82) is 0 Å². The topological polar surface area (TPSA) is 93.1 Å². The molecule has 1 amide bonds. The number of aryl methyl sites for hydroxylation is 2. The largest absolute Gasteiger partial charge is 0.466 e. The Morgan fingerprint density at radius 3 is 2.62 bits per heavy atom. The van der Waals surface area contributed by atoms with Crippen molar-refractivity contribution in [3.8, 4) is 0 Å². The molecule has 26 heavy (non-hydrogen) atoms. The molecule has 2 aromatic rings. The molecule has 140 valence electrons. The van der Waals surface area contributed by atoms with Crippen molar-refractivity contribution < 1.29 is 14.3 Å². The van der Waals surface area contributed by atoms with Gasteiger partial charge in [0.05, 0.1) is 30.5 Å². The van der Waals surface area contributed by atoms with Gasteiger partial charge in [-0.1, -0.05) is 0 Å². The van der Waals surface area contributed by atoms with E-state index in [2.05, 4.69) is 15.3 Å². The Morgan fingerprint density at radius 1 is 1.27 bits per heavy atom. The van der Waals surface area contributed by atoms with E-state index in [-0.39, 0.29) is 17.8 Å². The summed E-state index contributed by atoms with van der Waals surface area (Å²) in [7, 11) is 0. The van der Waals surface area contributed by atoms with Gasteiger partial charge < -0.3 is 9.64 Å². The van der Waals surface area contributed by atoms with Crippen LogP contribution in [0.3, 0.4) is 0 Å². The number of hydrogen-bond acceptors (Lipinski definition) is 5. The van der Waals surface area contributed by atoms with Gasteiger partial charge in [-0.25, -0.2) is 0 Å². The molecule has 3 heterocycles. The molecule has 1 aliphatic heterocycles. The third-order valence-corrected chi connectivity index (χ3v) is 4.68. The van der Waals surface area contributed by atoms with Crippen molar-refractivity contribution in [3.63, 3.8) is 0 Å². The van der Waals surface area contributed by atoms with E-state index in [4.69, 9.17) is 4.74 Å². The van der Waals surface area contributed by atoms with Crippen LogP contribution in [0.1, 0.15) is 47.3 Å². The van der Waals surface area contributed by atoms with Crippen molar-refractivity contribution in [2.75, 3.05) is 19.7 Å². The Bertz CT molecular complexity index is 787. The molecule has 1 fully saturated rings. The Kier molecular flexibility index (Phi) is 5.39. The molecule has 8 nitrogen and oxygen atoms in total. The van der Waals surface area contributed by atoms with Crippen molar-refractivity contribution in [2.45, 2.75) is 40.2 Å². The van der Waals surface area contributed by atoms with Gasteiger partial charge in [0.2, 0.25) is 0 Å². The van der Waals surface area contributed by atoms with Crippen molar-refractivity contribution in [2.24, 2.45) is 5.92 Å². The maximum absolute atomic E-state index is 12.6. The molecule has 0 atom stereocenters. The molecule has 0 radical (unpaired) electrons. The zero-order valence-corrected chi connectivity index (χ0v) is 15.5. The number of likely N-dealkylation sites (tertiary alicyclic amines) is 1. The van der Waals surface area contributed by atoms with Gasteiger partial charge in [-0.15, -0.1) is 0 Å². The first kappa shape index (κ1) is 18.2. The second-order valence-corrected chi connectivity index (χ2v) is 6.68. The predicted molar refractivity (Wildman–Crippen MR) is 94.7 cm³/mol. The fourth-order valence-electron chi connectivity index (χ4n) is 3.29. The standard InChI is InChI=1S/C18H25N5O3/c1-4-26-18(25)14-5-7-22(8-6-14)17(24)16-10-15(19-20-16)11-23-13(3)9-12(2)21-23/h9-10,14H,4-8,11H2,1-3H3,(H,19,20). The van der Waals surface area contributed by atoms with Gasteiger partial charge in [-0.05, 0) is 45.7 Å². The highest BCUT2D eigenvalue weighted by atomic mass is 16.5. The second-order valence-electron chi connectivity index (χ2n) is 6.68. The number of aromatic amines is 1. The molecule has 0 saturated carbocycles. The van der Waals surface area contributed by atoms with Gasteiger partial charge >= 0.3 is 5.97 Å². The van der Waals surface area contributed by atoms with Crippen LogP contribution < -0.4 is 0 Å². The highest BCUT2D eigenvalue weighted by Crippen LogP contribution is 2.20. The molecule has 0 aromatic carbocycles. The molecule has 2 aromatic heterocycles. The number of amides is 1.